The molecule has 1 heterocycles. The minimum absolute atomic E-state index is 0.269. The maximum atomic E-state index is 13.4. The second-order valence-electron chi connectivity index (χ2n) is 8.72. The molecular weight excluding hydrogens is 399 g/mol. The molecule has 0 aromatic heterocycles. The zero-order valence-corrected chi connectivity index (χ0v) is 17.8. The average Bonchev–Trinajstić information content (AvgIpc) is 3.26. The molecule has 6 heteroatoms. The van der Waals surface area contributed by atoms with Gasteiger partial charge in [0.1, 0.15) is 36.3 Å². The molecule has 0 unspecified atom stereocenters. The summed E-state index contributed by atoms with van der Waals surface area (Å²) in [7, 11) is 0. The maximum Gasteiger partial charge on any atom is 0.123 e. The van der Waals surface area contributed by atoms with Gasteiger partial charge >= 0.3 is 0 Å². The molecule has 0 saturated carbocycles. The van der Waals surface area contributed by atoms with Gasteiger partial charge < -0.3 is 25.2 Å². The second kappa shape index (κ2) is 9.35. The fourth-order valence-corrected chi connectivity index (χ4v) is 5.10. The Kier molecular flexibility index (Phi) is 6.74. The van der Waals surface area contributed by atoms with Crippen molar-refractivity contribution >= 4 is 0 Å². The maximum absolute atomic E-state index is 13.4. The quantitative estimate of drug-likeness (QED) is 0.565. The lowest BCUT2D eigenvalue weighted by atomic mass is 9.82. The number of fused-ring (bicyclic) bond motifs is 1. The van der Waals surface area contributed by atoms with Crippen LogP contribution in [-0.4, -0.2) is 51.4 Å². The highest BCUT2D eigenvalue weighted by Gasteiger charge is 2.45. The highest BCUT2D eigenvalue weighted by atomic mass is 19.1. The fraction of sp³-hybridized carbons (Fsp3) is 0.520. The van der Waals surface area contributed by atoms with E-state index in [1.54, 1.807) is 12.1 Å². The van der Waals surface area contributed by atoms with Crippen molar-refractivity contribution in [3.63, 3.8) is 0 Å². The molecule has 2 aliphatic rings. The van der Waals surface area contributed by atoms with Crippen molar-refractivity contribution in [3.05, 3.63) is 69.5 Å². The Bertz CT molecular complexity index is 911. The zero-order valence-electron chi connectivity index (χ0n) is 17.8. The first-order valence-corrected chi connectivity index (χ1v) is 11.2. The van der Waals surface area contributed by atoms with Gasteiger partial charge in [0.15, 0.2) is 0 Å². The van der Waals surface area contributed by atoms with E-state index in [9.17, 15) is 24.8 Å². The monoisotopic (exact) mass is 430 g/mol. The first-order valence-electron chi connectivity index (χ1n) is 11.2. The Morgan fingerprint density at radius 3 is 2.39 bits per heavy atom. The molecule has 5 atom stereocenters. The minimum Gasteiger partial charge on any atom is -0.394 e. The van der Waals surface area contributed by atoms with Crippen LogP contribution in [0, 0.1) is 5.82 Å². The van der Waals surface area contributed by atoms with E-state index >= 15 is 0 Å². The molecule has 4 N–H and O–H groups in total. The minimum atomic E-state index is -1.40. The largest absolute Gasteiger partial charge is 0.394 e. The van der Waals surface area contributed by atoms with Gasteiger partial charge in [0, 0.05) is 0 Å². The van der Waals surface area contributed by atoms with E-state index in [1.807, 2.05) is 6.07 Å². The van der Waals surface area contributed by atoms with Crippen molar-refractivity contribution in [2.45, 2.75) is 76.0 Å². The van der Waals surface area contributed by atoms with Gasteiger partial charge in [-0.15, -0.1) is 0 Å². The van der Waals surface area contributed by atoms with E-state index in [1.165, 1.54) is 23.3 Å². The molecule has 2 aromatic rings. The number of ether oxygens (including phenoxy) is 1. The van der Waals surface area contributed by atoms with E-state index in [4.69, 9.17) is 4.74 Å². The molecule has 31 heavy (non-hydrogen) atoms. The lowest BCUT2D eigenvalue weighted by molar-refractivity contribution is -0.231. The van der Waals surface area contributed by atoms with Crippen molar-refractivity contribution in [2.75, 3.05) is 6.61 Å². The Morgan fingerprint density at radius 2 is 1.71 bits per heavy atom. The molecular formula is C25H31FO5. The van der Waals surface area contributed by atoms with Gasteiger partial charge in [-0.1, -0.05) is 31.5 Å². The fourth-order valence-electron chi connectivity index (χ4n) is 5.10. The SMILES string of the molecule is CCCc1c([C@@H]2O[C@H](CO)[C@H](O)[C@H](O)[C@@H]2O)cc(Cc2ccc(F)cc2)c2c1CCC2. The van der Waals surface area contributed by atoms with E-state index in [-0.39, 0.29) is 5.82 Å². The van der Waals surface area contributed by atoms with Crippen LogP contribution in [-0.2, 0) is 30.4 Å². The summed E-state index contributed by atoms with van der Waals surface area (Å²) < 4.78 is 19.3. The summed E-state index contributed by atoms with van der Waals surface area (Å²) in [5.74, 6) is -0.269. The Morgan fingerprint density at radius 1 is 1.00 bits per heavy atom. The Hall–Kier alpha value is -1.83. The summed E-state index contributed by atoms with van der Waals surface area (Å²) in [4.78, 5) is 0. The predicted octanol–water partition coefficient (Wildman–Crippen LogP) is 2.37. The van der Waals surface area contributed by atoms with Gasteiger partial charge in [0.2, 0.25) is 0 Å². The van der Waals surface area contributed by atoms with Crippen molar-refractivity contribution in [1.82, 2.24) is 0 Å². The van der Waals surface area contributed by atoms with Crippen LogP contribution in [0.1, 0.15) is 59.3 Å². The molecule has 0 amide bonds. The molecule has 2 aromatic carbocycles. The number of benzene rings is 2. The molecule has 0 spiro atoms. The van der Waals surface area contributed by atoms with Crippen molar-refractivity contribution < 1.29 is 29.6 Å². The van der Waals surface area contributed by atoms with E-state index in [2.05, 4.69) is 6.92 Å². The summed E-state index contributed by atoms with van der Waals surface area (Å²) >= 11 is 0. The van der Waals surface area contributed by atoms with Crippen LogP contribution in [0.25, 0.3) is 0 Å². The molecule has 1 fully saturated rings. The highest BCUT2D eigenvalue weighted by Crippen LogP contribution is 2.40. The van der Waals surface area contributed by atoms with Gasteiger partial charge in [0.05, 0.1) is 6.61 Å². The van der Waals surface area contributed by atoms with Crippen LogP contribution in [0.5, 0.6) is 0 Å². The number of rotatable bonds is 6. The smallest absolute Gasteiger partial charge is 0.123 e. The normalized spacial score (nSPS) is 28.0. The number of aliphatic hydroxyl groups is 4. The molecule has 5 nitrogen and oxygen atoms in total. The number of halogens is 1. The van der Waals surface area contributed by atoms with Crippen LogP contribution < -0.4 is 0 Å². The lowest BCUT2D eigenvalue weighted by Gasteiger charge is -2.41. The third-order valence-electron chi connectivity index (χ3n) is 6.65. The van der Waals surface area contributed by atoms with Crippen molar-refractivity contribution in [3.8, 4) is 0 Å². The van der Waals surface area contributed by atoms with Gasteiger partial charge in [-0.05, 0) is 77.6 Å². The number of aliphatic hydroxyl groups excluding tert-OH is 4. The first kappa shape index (κ1) is 22.4. The van der Waals surface area contributed by atoms with Crippen LogP contribution in [0.3, 0.4) is 0 Å². The number of hydrogen-bond donors (Lipinski definition) is 4. The van der Waals surface area contributed by atoms with Gasteiger partial charge in [-0.3, -0.25) is 0 Å². The van der Waals surface area contributed by atoms with Crippen LogP contribution in [0.2, 0.25) is 0 Å². The van der Waals surface area contributed by atoms with Gasteiger partial charge in [0.25, 0.3) is 0 Å². The molecule has 1 saturated heterocycles. The van der Waals surface area contributed by atoms with Crippen molar-refractivity contribution in [2.24, 2.45) is 0 Å². The van der Waals surface area contributed by atoms with Crippen LogP contribution in [0.15, 0.2) is 30.3 Å². The summed E-state index contributed by atoms with van der Waals surface area (Å²) in [6.07, 6.45) is -0.479. The summed E-state index contributed by atoms with van der Waals surface area (Å²) in [5, 5.41) is 40.9. The Balaban J connectivity index is 1.79. The number of hydrogen-bond acceptors (Lipinski definition) is 5. The summed E-state index contributed by atoms with van der Waals surface area (Å²) in [5.41, 5.74) is 6.68. The second-order valence-corrected chi connectivity index (χ2v) is 8.72. The van der Waals surface area contributed by atoms with Gasteiger partial charge in [-0.25, -0.2) is 4.39 Å². The zero-order chi connectivity index (χ0) is 22.1. The van der Waals surface area contributed by atoms with Crippen LogP contribution >= 0.6 is 0 Å². The van der Waals surface area contributed by atoms with Gasteiger partial charge in [-0.2, -0.15) is 0 Å². The molecule has 4 rings (SSSR count). The summed E-state index contributed by atoms with van der Waals surface area (Å²) in [6, 6.07) is 8.53. The van der Waals surface area contributed by atoms with Crippen molar-refractivity contribution in [1.29, 1.82) is 0 Å². The standard InChI is InChI=1S/C25H31FO5/c1-2-4-18-19-6-3-5-17(19)15(11-14-7-9-16(26)10-8-14)12-20(18)25-24(30)23(29)22(28)21(13-27)31-25/h7-10,12,21-25,27-30H,2-6,11,13H2,1H3/t21-,22+,23+,24+,25+/m1/s1. The predicted molar refractivity (Wildman–Crippen MR) is 114 cm³/mol. The van der Waals surface area contributed by atoms with Crippen LogP contribution in [0.4, 0.5) is 4.39 Å². The topological polar surface area (TPSA) is 90.2 Å². The Labute approximate surface area is 182 Å². The van der Waals surface area contributed by atoms with E-state index in [0.29, 0.717) is 6.42 Å². The third kappa shape index (κ3) is 4.28. The summed E-state index contributed by atoms with van der Waals surface area (Å²) in [6.45, 7) is 1.66. The lowest BCUT2D eigenvalue weighted by Crippen LogP contribution is -2.55. The third-order valence-corrected chi connectivity index (χ3v) is 6.65. The molecule has 1 aliphatic heterocycles. The van der Waals surface area contributed by atoms with E-state index in [0.717, 1.165) is 54.4 Å². The highest BCUT2D eigenvalue weighted by molar-refractivity contribution is 5.51. The first-order chi connectivity index (χ1) is 14.9. The molecule has 0 bridgehead atoms. The molecule has 168 valence electrons. The van der Waals surface area contributed by atoms with E-state index < -0.39 is 37.1 Å². The average molecular weight is 431 g/mol. The molecule has 0 radical (unpaired) electrons. The molecule has 1 aliphatic carbocycles.